The fraction of sp³-hybridized carbons (Fsp3) is 0.167. The Balaban J connectivity index is 1.54. The molecule has 0 unspecified atom stereocenters. The topological polar surface area (TPSA) is 114 Å². The van der Waals surface area contributed by atoms with Crippen LogP contribution >= 0.6 is 0 Å². The van der Waals surface area contributed by atoms with Crippen molar-refractivity contribution in [2.45, 2.75) is 12.5 Å². The zero-order chi connectivity index (χ0) is 18.4. The number of carboxylic acids is 1. The van der Waals surface area contributed by atoms with Crippen molar-refractivity contribution in [2.75, 3.05) is 6.79 Å². The van der Waals surface area contributed by atoms with Crippen LogP contribution in [0.5, 0.6) is 11.5 Å². The van der Waals surface area contributed by atoms with E-state index in [4.69, 9.17) is 9.47 Å². The molecule has 1 atom stereocenters. The number of benzene rings is 1. The number of aliphatic carboxylic acids is 1. The number of carbonyl (C=O) groups excluding carboxylic acids is 1. The van der Waals surface area contributed by atoms with Crippen LogP contribution < -0.4 is 14.8 Å². The molecule has 0 aliphatic carbocycles. The summed E-state index contributed by atoms with van der Waals surface area (Å²) in [4.78, 5) is 29.8. The fourth-order valence-electron chi connectivity index (χ4n) is 2.36. The maximum atomic E-state index is 11.9. The fourth-order valence-corrected chi connectivity index (χ4v) is 2.36. The van der Waals surface area contributed by atoms with Gasteiger partial charge in [-0.3, -0.25) is 4.79 Å². The summed E-state index contributed by atoms with van der Waals surface area (Å²) in [6.07, 6.45) is 9.39. The van der Waals surface area contributed by atoms with Crippen molar-refractivity contribution in [3.63, 3.8) is 0 Å². The maximum absolute atomic E-state index is 11.9. The predicted molar refractivity (Wildman–Crippen MR) is 92.6 cm³/mol. The lowest BCUT2D eigenvalue weighted by Crippen LogP contribution is -2.41. The minimum atomic E-state index is -1.11. The van der Waals surface area contributed by atoms with Crippen molar-refractivity contribution < 1.29 is 24.2 Å². The van der Waals surface area contributed by atoms with Gasteiger partial charge >= 0.3 is 5.97 Å². The van der Waals surface area contributed by atoms with E-state index in [1.165, 1.54) is 24.7 Å². The standard InChI is InChI=1S/C18H17N3O5/c22-17(21-14(18(23)24)8-13-9-19-10-20-13)4-2-1-3-12-5-6-15-16(7-12)26-11-25-15/h1-7,9-10,14H,8,11H2,(H,19,20)(H,21,22)(H,23,24)/b3-1+,4-2+/t14-/m0/s1. The molecule has 0 bridgehead atoms. The van der Waals surface area contributed by atoms with Crippen molar-refractivity contribution >= 4 is 18.0 Å². The third-order valence-corrected chi connectivity index (χ3v) is 3.64. The normalized spacial score (nSPS) is 14.0. The molecular weight excluding hydrogens is 338 g/mol. The van der Waals surface area contributed by atoms with E-state index in [1.54, 1.807) is 12.2 Å². The first kappa shape index (κ1) is 17.3. The minimum Gasteiger partial charge on any atom is -0.480 e. The van der Waals surface area contributed by atoms with Crippen LogP contribution in [-0.4, -0.2) is 39.8 Å². The molecule has 2 heterocycles. The van der Waals surface area contributed by atoms with Crippen LogP contribution in [-0.2, 0) is 16.0 Å². The number of amides is 1. The number of allylic oxidation sites excluding steroid dienone is 2. The monoisotopic (exact) mass is 355 g/mol. The molecule has 3 N–H and O–H groups in total. The van der Waals surface area contributed by atoms with Crippen LogP contribution in [0.2, 0.25) is 0 Å². The number of ether oxygens (including phenoxy) is 2. The summed E-state index contributed by atoms with van der Waals surface area (Å²) in [5, 5.41) is 11.7. The molecule has 1 aliphatic heterocycles. The molecule has 0 radical (unpaired) electrons. The Kier molecular flexibility index (Phi) is 5.33. The van der Waals surface area contributed by atoms with Crippen molar-refractivity contribution in [3.8, 4) is 11.5 Å². The van der Waals surface area contributed by atoms with Gasteiger partial charge in [0.25, 0.3) is 0 Å². The van der Waals surface area contributed by atoms with Gasteiger partial charge in [0.2, 0.25) is 12.7 Å². The molecule has 1 amide bonds. The average Bonchev–Trinajstić information content (AvgIpc) is 3.29. The molecule has 2 aromatic rings. The smallest absolute Gasteiger partial charge is 0.326 e. The van der Waals surface area contributed by atoms with Crippen LogP contribution in [0.15, 0.2) is 49.0 Å². The van der Waals surface area contributed by atoms with Crippen molar-refractivity contribution in [1.29, 1.82) is 0 Å². The Morgan fingerprint density at radius 2 is 2.15 bits per heavy atom. The second-order valence-corrected chi connectivity index (χ2v) is 5.51. The Morgan fingerprint density at radius 1 is 1.31 bits per heavy atom. The first-order valence-electron chi connectivity index (χ1n) is 7.87. The zero-order valence-corrected chi connectivity index (χ0v) is 13.7. The highest BCUT2D eigenvalue weighted by Crippen LogP contribution is 2.32. The number of aromatic amines is 1. The van der Waals surface area contributed by atoms with E-state index in [1.807, 2.05) is 18.2 Å². The van der Waals surface area contributed by atoms with Crippen LogP contribution in [0.4, 0.5) is 0 Å². The van der Waals surface area contributed by atoms with Gasteiger partial charge in [-0.15, -0.1) is 0 Å². The molecule has 8 heteroatoms. The number of H-pyrrole nitrogens is 1. The molecule has 1 aromatic heterocycles. The second kappa shape index (κ2) is 8.02. The molecule has 1 aliphatic rings. The summed E-state index contributed by atoms with van der Waals surface area (Å²) in [7, 11) is 0. The number of carbonyl (C=O) groups is 2. The van der Waals surface area contributed by atoms with E-state index in [0.717, 1.165) is 5.56 Å². The molecule has 8 nitrogen and oxygen atoms in total. The van der Waals surface area contributed by atoms with Gasteiger partial charge in [0, 0.05) is 24.4 Å². The highest BCUT2D eigenvalue weighted by atomic mass is 16.7. The lowest BCUT2D eigenvalue weighted by atomic mass is 10.1. The summed E-state index contributed by atoms with van der Waals surface area (Å²) in [5.41, 5.74) is 1.52. The minimum absolute atomic E-state index is 0.127. The third-order valence-electron chi connectivity index (χ3n) is 3.64. The highest BCUT2D eigenvalue weighted by Gasteiger charge is 2.19. The van der Waals surface area contributed by atoms with E-state index in [-0.39, 0.29) is 13.2 Å². The number of imidazole rings is 1. The number of hydrogen-bond donors (Lipinski definition) is 3. The van der Waals surface area contributed by atoms with E-state index in [9.17, 15) is 14.7 Å². The molecule has 26 heavy (non-hydrogen) atoms. The van der Waals surface area contributed by atoms with E-state index in [2.05, 4.69) is 15.3 Å². The third kappa shape index (κ3) is 4.50. The molecule has 0 fully saturated rings. The second-order valence-electron chi connectivity index (χ2n) is 5.51. The number of nitrogens with one attached hydrogen (secondary N) is 2. The van der Waals surface area contributed by atoms with Gasteiger partial charge in [0.15, 0.2) is 11.5 Å². The summed E-state index contributed by atoms with van der Waals surface area (Å²) in [5.74, 6) is -0.226. The molecule has 0 saturated heterocycles. The highest BCUT2D eigenvalue weighted by molar-refractivity contribution is 5.91. The molecule has 0 saturated carbocycles. The lowest BCUT2D eigenvalue weighted by molar-refractivity contribution is -0.141. The number of aromatic nitrogens is 2. The largest absolute Gasteiger partial charge is 0.480 e. The van der Waals surface area contributed by atoms with Crippen LogP contribution in [0, 0.1) is 0 Å². The number of nitrogens with zero attached hydrogens (tertiary/aromatic N) is 1. The van der Waals surface area contributed by atoms with Crippen molar-refractivity contribution in [1.82, 2.24) is 15.3 Å². The van der Waals surface area contributed by atoms with Gasteiger partial charge in [0.05, 0.1) is 6.33 Å². The van der Waals surface area contributed by atoms with E-state index >= 15 is 0 Å². The SMILES string of the molecule is O=C(/C=C/C=C/c1ccc2c(c1)OCO2)N[C@@H](Cc1cnc[nH]1)C(=O)O. The van der Waals surface area contributed by atoms with Gasteiger partial charge in [0.1, 0.15) is 6.04 Å². The summed E-state index contributed by atoms with van der Waals surface area (Å²) < 4.78 is 10.5. The Morgan fingerprint density at radius 3 is 2.92 bits per heavy atom. The van der Waals surface area contributed by atoms with Gasteiger partial charge in [-0.2, -0.15) is 0 Å². The summed E-state index contributed by atoms with van der Waals surface area (Å²) in [6, 6.07) is 4.47. The van der Waals surface area contributed by atoms with Gasteiger partial charge in [-0.1, -0.05) is 24.3 Å². The predicted octanol–water partition coefficient (Wildman–Crippen LogP) is 1.52. The molecule has 134 valence electrons. The number of rotatable bonds is 7. The van der Waals surface area contributed by atoms with Crippen LogP contribution in [0.25, 0.3) is 6.08 Å². The van der Waals surface area contributed by atoms with E-state index in [0.29, 0.717) is 17.2 Å². The van der Waals surface area contributed by atoms with Gasteiger partial charge < -0.3 is 24.9 Å². The summed E-state index contributed by atoms with van der Waals surface area (Å²) >= 11 is 0. The lowest BCUT2D eigenvalue weighted by Gasteiger charge is -2.11. The molecule has 1 aromatic carbocycles. The average molecular weight is 355 g/mol. The first-order valence-corrected chi connectivity index (χ1v) is 7.87. The maximum Gasteiger partial charge on any atom is 0.326 e. The first-order chi connectivity index (χ1) is 12.6. The van der Waals surface area contributed by atoms with Crippen molar-refractivity contribution in [2.24, 2.45) is 0 Å². The quantitative estimate of drug-likeness (QED) is 0.513. The molecule has 3 rings (SSSR count). The Bertz CT molecular complexity index is 843. The number of fused-ring (bicyclic) bond motifs is 1. The number of carboxylic acid groups (broad SMARTS) is 1. The van der Waals surface area contributed by atoms with Crippen molar-refractivity contribution in [3.05, 3.63) is 60.2 Å². The Hall–Kier alpha value is -3.55. The van der Waals surface area contributed by atoms with Crippen LogP contribution in [0.1, 0.15) is 11.3 Å². The molecule has 0 spiro atoms. The summed E-state index contributed by atoms with van der Waals surface area (Å²) in [6.45, 7) is 0.214. The Labute approximate surface area is 149 Å². The van der Waals surface area contributed by atoms with Gasteiger partial charge in [-0.05, 0) is 17.7 Å². The van der Waals surface area contributed by atoms with E-state index < -0.39 is 17.9 Å². The van der Waals surface area contributed by atoms with Crippen LogP contribution in [0.3, 0.4) is 0 Å². The number of hydrogen-bond acceptors (Lipinski definition) is 5. The molecular formula is C18H17N3O5. The zero-order valence-electron chi connectivity index (χ0n) is 13.7. The van der Waals surface area contributed by atoms with Gasteiger partial charge in [-0.25, -0.2) is 9.78 Å².